The first-order valence-electron chi connectivity index (χ1n) is 7.85. The highest BCUT2D eigenvalue weighted by molar-refractivity contribution is 5.54. The van der Waals surface area contributed by atoms with Crippen LogP contribution in [0.15, 0.2) is 30.5 Å². The predicted octanol–water partition coefficient (Wildman–Crippen LogP) is 2.71. The first-order chi connectivity index (χ1) is 10.7. The molecule has 0 aliphatic carbocycles. The molecule has 0 unspecified atom stereocenters. The van der Waals surface area contributed by atoms with E-state index in [0.717, 1.165) is 36.8 Å². The Bertz CT molecular complexity index is 632. The van der Waals surface area contributed by atoms with Gasteiger partial charge >= 0.3 is 0 Å². The molecule has 5 nitrogen and oxygen atoms in total. The van der Waals surface area contributed by atoms with Crippen molar-refractivity contribution in [1.82, 2.24) is 15.0 Å². The molecule has 2 atom stereocenters. The molecule has 116 valence electrons. The van der Waals surface area contributed by atoms with Gasteiger partial charge in [0.15, 0.2) is 5.82 Å². The van der Waals surface area contributed by atoms with Gasteiger partial charge < -0.3 is 9.64 Å². The minimum Gasteiger partial charge on any atom is -0.375 e. The zero-order valence-corrected chi connectivity index (χ0v) is 13.4. The van der Waals surface area contributed by atoms with Gasteiger partial charge in [0.05, 0.1) is 18.8 Å². The summed E-state index contributed by atoms with van der Waals surface area (Å²) in [7, 11) is 0. The molecule has 5 heteroatoms. The van der Waals surface area contributed by atoms with E-state index in [2.05, 4.69) is 41.7 Å². The van der Waals surface area contributed by atoms with Crippen LogP contribution in [0, 0.1) is 0 Å². The second-order valence-corrected chi connectivity index (χ2v) is 5.75. The quantitative estimate of drug-likeness (QED) is 0.872. The number of hydrogen-bond donors (Lipinski definition) is 0. The molecule has 0 amide bonds. The van der Waals surface area contributed by atoms with E-state index in [1.165, 1.54) is 0 Å². The highest BCUT2D eigenvalue weighted by Crippen LogP contribution is 2.23. The molecular weight excluding hydrogens is 276 g/mol. The Morgan fingerprint density at radius 2 is 2.14 bits per heavy atom. The van der Waals surface area contributed by atoms with Gasteiger partial charge in [-0.3, -0.25) is 4.98 Å². The van der Waals surface area contributed by atoms with Crippen molar-refractivity contribution in [1.29, 1.82) is 0 Å². The van der Waals surface area contributed by atoms with Gasteiger partial charge in [0.1, 0.15) is 11.5 Å². The normalized spacial score (nSPS) is 21.9. The Hall–Kier alpha value is -2.01. The van der Waals surface area contributed by atoms with Gasteiger partial charge in [-0.1, -0.05) is 13.0 Å². The summed E-state index contributed by atoms with van der Waals surface area (Å²) in [6.07, 6.45) is 2.87. The monoisotopic (exact) mass is 298 g/mol. The summed E-state index contributed by atoms with van der Waals surface area (Å²) in [5, 5.41) is 0. The van der Waals surface area contributed by atoms with Crippen molar-refractivity contribution in [3.8, 4) is 11.5 Å². The fourth-order valence-corrected chi connectivity index (χ4v) is 2.64. The molecule has 0 aromatic carbocycles. The lowest BCUT2D eigenvalue weighted by Crippen LogP contribution is -2.47. The number of rotatable bonds is 3. The van der Waals surface area contributed by atoms with Gasteiger partial charge in [0, 0.05) is 24.5 Å². The van der Waals surface area contributed by atoms with Crippen LogP contribution >= 0.6 is 0 Å². The first-order valence-corrected chi connectivity index (χ1v) is 7.85. The fraction of sp³-hybridized carbons (Fsp3) is 0.471. The Labute approximate surface area is 131 Å². The predicted molar refractivity (Wildman–Crippen MR) is 86.9 cm³/mol. The van der Waals surface area contributed by atoms with E-state index in [-0.39, 0.29) is 6.10 Å². The molecule has 2 aromatic heterocycles. The standard InChI is InChI=1S/C17H22N4O/c1-4-14-9-16(21-10-13(3)22-11-12(21)2)20-17(19-14)15-7-5-6-8-18-15/h5-9,12-13H,4,10-11H2,1-3H3/t12-,13-/m1/s1. The van der Waals surface area contributed by atoms with Crippen molar-refractivity contribution >= 4 is 5.82 Å². The Morgan fingerprint density at radius 3 is 2.86 bits per heavy atom. The molecule has 0 saturated carbocycles. The van der Waals surface area contributed by atoms with Crippen LogP contribution in [0.3, 0.4) is 0 Å². The molecule has 1 aliphatic rings. The number of nitrogens with zero attached hydrogens (tertiary/aromatic N) is 4. The van der Waals surface area contributed by atoms with Gasteiger partial charge in [-0.05, 0) is 32.4 Å². The second-order valence-electron chi connectivity index (χ2n) is 5.75. The largest absolute Gasteiger partial charge is 0.375 e. The summed E-state index contributed by atoms with van der Waals surface area (Å²) in [5.41, 5.74) is 1.85. The van der Waals surface area contributed by atoms with E-state index in [0.29, 0.717) is 11.9 Å². The summed E-state index contributed by atoms with van der Waals surface area (Å²) in [6, 6.07) is 8.21. The first kappa shape index (κ1) is 14.9. The number of aryl methyl sites for hydroxylation is 1. The van der Waals surface area contributed by atoms with Gasteiger partial charge in [-0.2, -0.15) is 0 Å². The maximum atomic E-state index is 5.72. The van der Waals surface area contributed by atoms with E-state index in [4.69, 9.17) is 9.72 Å². The van der Waals surface area contributed by atoms with Crippen LogP contribution in [0.4, 0.5) is 5.82 Å². The molecule has 1 aliphatic heterocycles. The molecule has 3 heterocycles. The van der Waals surface area contributed by atoms with Crippen molar-refractivity contribution in [3.05, 3.63) is 36.2 Å². The SMILES string of the molecule is CCc1cc(N2C[C@@H](C)OC[C@H]2C)nc(-c2ccccn2)n1. The third kappa shape index (κ3) is 3.09. The van der Waals surface area contributed by atoms with Crippen LogP contribution in [-0.4, -0.2) is 40.2 Å². The molecule has 1 saturated heterocycles. The highest BCUT2D eigenvalue weighted by atomic mass is 16.5. The molecule has 0 N–H and O–H groups in total. The van der Waals surface area contributed by atoms with Crippen molar-refractivity contribution in [2.45, 2.75) is 39.3 Å². The maximum absolute atomic E-state index is 5.72. The van der Waals surface area contributed by atoms with Gasteiger partial charge in [0.25, 0.3) is 0 Å². The third-order valence-corrected chi connectivity index (χ3v) is 3.92. The number of anilines is 1. The lowest BCUT2D eigenvalue weighted by Gasteiger charge is -2.37. The molecule has 2 aromatic rings. The average molecular weight is 298 g/mol. The van der Waals surface area contributed by atoms with Crippen molar-refractivity contribution in [2.24, 2.45) is 0 Å². The minimum atomic E-state index is 0.217. The van der Waals surface area contributed by atoms with Crippen LogP contribution in [0.25, 0.3) is 11.5 Å². The number of aromatic nitrogens is 3. The fourth-order valence-electron chi connectivity index (χ4n) is 2.64. The van der Waals surface area contributed by atoms with E-state index < -0.39 is 0 Å². The number of hydrogen-bond acceptors (Lipinski definition) is 5. The highest BCUT2D eigenvalue weighted by Gasteiger charge is 2.25. The van der Waals surface area contributed by atoms with Gasteiger partial charge in [-0.25, -0.2) is 9.97 Å². The average Bonchev–Trinajstić information content (AvgIpc) is 2.57. The van der Waals surface area contributed by atoms with Gasteiger partial charge in [-0.15, -0.1) is 0 Å². The summed E-state index contributed by atoms with van der Waals surface area (Å²) >= 11 is 0. The lowest BCUT2D eigenvalue weighted by atomic mass is 10.2. The van der Waals surface area contributed by atoms with E-state index >= 15 is 0 Å². The molecule has 0 bridgehead atoms. The molecule has 0 spiro atoms. The van der Waals surface area contributed by atoms with Gasteiger partial charge in [0.2, 0.25) is 0 Å². The summed E-state index contributed by atoms with van der Waals surface area (Å²) in [6.45, 7) is 7.95. The second kappa shape index (κ2) is 6.40. The summed E-state index contributed by atoms with van der Waals surface area (Å²) in [4.78, 5) is 16.1. The molecule has 22 heavy (non-hydrogen) atoms. The zero-order valence-electron chi connectivity index (χ0n) is 13.4. The number of ether oxygens (including phenoxy) is 1. The number of pyridine rings is 1. The van der Waals surface area contributed by atoms with Crippen LogP contribution in [0.1, 0.15) is 26.5 Å². The zero-order chi connectivity index (χ0) is 15.5. The van der Waals surface area contributed by atoms with Crippen molar-refractivity contribution in [3.63, 3.8) is 0 Å². The summed E-state index contributed by atoms with van der Waals surface area (Å²) < 4.78 is 5.72. The Morgan fingerprint density at radius 1 is 1.27 bits per heavy atom. The topological polar surface area (TPSA) is 51.1 Å². The molecule has 3 rings (SSSR count). The van der Waals surface area contributed by atoms with Crippen LogP contribution < -0.4 is 4.90 Å². The van der Waals surface area contributed by atoms with E-state index in [1.807, 2.05) is 18.2 Å². The van der Waals surface area contributed by atoms with Crippen LogP contribution in [0.5, 0.6) is 0 Å². The van der Waals surface area contributed by atoms with Crippen LogP contribution in [0.2, 0.25) is 0 Å². The van der Waals surface area contributed by atoms with E-state index in [9.17, 15) is 0 Å². The Kier molecular flexibility index (Phi) is 4.34. The number of morpholine rings is 1. The Balaban J connectivity index is 2.00. The van der Waals surface area contributed by atoms with Crippen molar-refractivity contribution < 1.29 is 4.74 Å². The van der Waals surface area contributed by atoms with Crippen molar-refractivity contribution in [2.75, 3.05) is 18.1 Å². The third-order valence-electron chi connectivity index (χ3n) is 3.92. The molecule has 0 radical (unpaired) electrons. The molecule has 1 fully saturated rings. The van der Waals surface area contributed by atoms with E-state index in [1.54, 1.807) is 6.20 Å². The van der Waals surface area contributed by atoms with Crippen LogP contribution in [-0.2, 0) is 11.2 Å². The minimum absolute atomic E-state index is 0.217. The summed E-state index contributed by atoms with van der Waals surface area (Å²) in [5.74, 6) is 1.66. The maximum Gasteiger partial charge on any atom is 0.180 e. The molecular formula is C17H22N4O. The smallest absolute Gasteiger partial charge is 0.180 e. The lowest BCUT2D eigenvalue weighted by molar-refractivity contribution is 0.0340.